The zero-order valence-electron chi connectivity index (χ0n) is 25.9. The number of rotatable bonds is 6. The number of likely N-dealkylation sites (N-methyl/N-ethyl adjacent to an activating group) is 1. The Bertz CT molecular complexity index is 1870. The molecule has 0 spiro atoms. The number of nitrogens with one attached hydrogen (secondary N) is 1. The molecule has 7 heterocycles. The van der Waals surface area contributed by atoms with E-state index in [0.29, 0.717) is 48.9 Å². The Balaban J connectivity index is 0.967. The molecular weight excluding hydrogens is 582 g/mol. The predicted molar refractivity (Wildman–Crippen MR) is 176 cm³/mol. The average molecular weight is 618 g/mol. The lowest BCUT2D eigenvalue weighted by Crippen LogP contribution is -2.49. The lowest BCUT2D eigenvalue weighted by atomic mass is 10.1. The molecule has 1 N–H and O–H groups in total. The van der Waals surface area contributed by atoms with E-state index in [1.165, 1.54) is 0 Å². The van der Waals surface area contributed by atoms with Gasteiger partial charge in [-0.05, 0) is 48.8 Å². The molecule has 5 aromatic rings. The first-order valence-corrected chi connectivity index (χ1v) is 15.4. The summed E-state index contributed by atoms with van der Waals surface area (Å²) in [6, 6.07) is 11.1. The highest BCUT2D eigenvalue weighted by Crippen LogP contribution is 2.24. The van der Waals surface area contributed by atoms with E-state index in [-0.39, 0.29) is 11.8 Å². The van der Waals surface area contributed by atoms with E-state index in [2.05, 4.69) is 52.1 Å². The molecule has 13 nitrogen and oxygen atoms in total. The van der Waals surface area contributed by atoms with Crippen molar-refractivity contribution in [3.8, 4) is 11.3 Å². The number of amides is 2. The molecule has 2 saturated heterocycles. The molecule has 13 heteroatoms. The third kappa shape index (κ3) is 6.22. The number of nitrogens with zero attached hydrogens (tertiary/aromatic N) is 10. The van der Waals surface area contributed by atoms with Crippen molar-refractivity contribution in [2.45, 2.75) is 0 Å². The molecule has 0 unspecified atom stereocenters. The molecule has 0 radical (unpaired) electrons. The Hall–Kier alpha value is -5.43. The summed E-state index contributed by atoms with van der Waals surface area (Å²) in [5.74, 6) is 1.74. The van der Waals surface area contributed by atoms with E-state index in [0.717, 1.165) is 54.0 Å². The van der Waals surface area contributed by atoms with E-state index in [9.17, 15) is 9.59 Å². The largest absolute Gasteiger partial charge is 0.354 e. The average Bonchev–Trinajstić information content (AvgIpc) is 3.54. The maximum absolute atomic E-state index is 13.2. The lowest BCUT2D eigenvalue weighted by molar-refractivity contribution is 0.0746. The van der Waals surface area contributed by atoms with Crippen molar-refractivity contribution in [3.05, 3.63) is 84.7 Å². The van der Waals surface area contributed by atoms with Gasteiger partial charge in [0.15, 0.2) is 0 Å². The molecule has 0 bridgehead atoms. The van der Waals surface area contributed by atoms with Crippen LogP contribution in [0.3, 0.4) is 0 Å². The topological polar surface area (TPSA) is 129 Å². The number of carbonyl (C=O) groups is 2. The summed E-state index contributed by atoms with van der Waals surface area (Å²) < 4.78 is 1.73. The van der Waals surface area contributed by atoms with Gasteiger partial charge in [0, 0.05) is 107 Å². The van der Waals surface area contributed by atoms with Gasteiger partial charge in [0.1, 0.15) is 17.5 Å². The van der Waals surface area contributed by atoms with Crippen LogP contribution in [0.2, 0.25) is 0 Å². The fraction of sp³-hybridized carbons (Fsp3) is 0.303. The van der Waals surface area contributed by atoms with Crippen LogP contribution in [0.15, 0.2) is 73.6 Å². The first-order valence-electron chi connectivity index (χ1n) is 15.4. The highest BCUT2D eigenvalue weighted by Gasteiger charge is 2.24. The Morgan fingerprint density at radius 3 is 2.20 bits per heavy atom. The number of hydrogen-bond donors (Lipinski definition) is 1. The Morgan fingerprint density at radius 2 is 1.46 bits per heavy atom. The second-order valence-electron chi connectivity index (χ2n) is 11.7. The number of aromatic nitrogens is 6. The van der Waals surface area contributed by atoms with Gasteiger partial charge >= 0.3 is 0 Å². The summed E-state index contributed by atoms with van der Waals surface area (Å²) >= 11 is 0. The fourth-order valence-electron chi connectivity index (χ4n) is 5.80. The summed E-state index contributed by atoms with van der Waals surface area (Å²) in [6.45, 7) is 6.19. The number of piperazine rings is 2. The van der Waals surface area contributed by atoms with E-state index in [1.807, 2.05) is 42.4 Å². The van der Waals surface area contributed by atoms with Gasteiger partial charge in [0.25, 0.3) is 11.8 Å². The normalized spacial score (nSPS) is 15.7. The first-order chi connectivity index (χ1) is 22.4. The van der Waals surface area contributed by atoms with Crippen LogP contribution in [-0.4, -0.2) is 111 Å². The van der Waals surface area contributed by atoms with Crippen LogP contribution in [0.5, 0.6) is 0 Å². The molecular formula is C33H35N11O2. The van der Waals surface area contributed by atoms with Crippen LogP contribution in [0.1, 0.15) is 20.7 Å². The quantitative estimate of drug-likeness (QED) is 0.304. The number of hydrogen-bond acceptors (Lipinski definition) is 10. The fourth-order valence-corrected chi connectivity index (χ4v) is 5.80. The summed E-state index contributed by atoms with van der Waals surface area (Å²) in [6.07, 6.45) is 10.5. The van der Waals surface area contributed by atoms with Gasteiger partial charge in [-0.1, -0.05) is 0 Å². The van der Waals surface area contributed by atoms with Gasteiger partial charge < -0.3 is 24.9 Å². The second kappa shape index (κ2) is 12.5. The third-order valence-corrected chi connectivity index (χ3v) is 8.57. The van der Waals surface area contributed by atoms with Crippen LogP contribution < -0.4 is 15.1 Å². The molecule has 46 heavy (non-hydrogen) atoms. The van der Waals surface area contributed by atoms with E-state index in [1.54, 1.807) is 47.8 Å². The van der Waals surface area contributed by atoms with Gasteiger partial charge in [-0.2, -0.15) is 5.10 Å². The van der Waals surface area contributed by atoms with Crippen molar-refractivity contribution >= 4 is 40.0 Å². The smallest absolute Gasteiger partial charge is 0.257 e. The van der Waals surface area contributed by atoms with Crippen molar-refractivity contribution in [1.82, 2.24) is 39.5 Å². The standard InChI is InChI=1S/C33H35N11O2/c1-40-7-9-42(10-8-40)30-4-3-24(18-37-30)33(46)44-13-11-43(12-14-44)31-17-23(5-6-34-31)32(45)39-29-16-25-15-28(27-21-38-41(2)22-27)35-19-26(25)20-36-29/h3-6,15-22H,7-14H2,1-2H3,(H,36,39,45). The second-order valence-corrected chi connectivity index (χ2v) is 11.7. The van der Waals surface area contributed by atoms with E-state index in [4.69, 9.17) is 0 Å². The molecule has 0 aliphatic carbocycles. The van der Waals surface area contributed by atoms with Crippen molar-refractivity contribution in [3.63, 3.8) is 0 Å². The van der Waals surface area contributed by atoms with Crippen molar-refractivity contribution < 1.29 is 9.59 Å². The SMILES string of the molecule is CN1CCN(c2ccc(C(=O)N3CCN(c4cc(C(=O)Nc5cc6cc(-c7cnn(C)c7)ncc6cn5)ccn4)CC3)cn2)CC1. The monoisotopic (exact) mass is 617 g/mol. The van der Waals surface area contributed by atoms with Gasteiger partial charge in [-0.15, -0.1) is 0 Å². The van der Waals surface area contributed by atoms with Gasteiger partial charge in [0.2, 0.25) is 0 Å². The molecule has 2 aliphatic heterocycles. The molecule has 2 fully saturated rings. The third-order valence-electron chi connectivity index (χ3n) is 8.57. The van der Waals surface area contributed by atoms with Crippen LogP contribution >= 0.6 is 0 Å². The van der Waals surface area contributed by atoms with Crippen LogP contribution in [-0.2, 0) is 7.05 Å². The first kappa shape index (κ1) is 29.3. The summed E-state index contributed by atoms with van der Waals surface area (Å²) in [5, 5.41) is 8.91. The summed E-state index contributed by atoms with van der Waals surface area (Å²) in [4.78, 5) is 53.0. The summed E-state index contributed by atoms with van der Waals surface area (Å²) in [5.41, 5.74) is 2.77. The zero-order valence-corrected chi connectivity index (χ0v) is 25.9. The number of fused-ring (bicyclic) bond motifs is 1. The lowest BCUT2D eigenvalue weighted by Gasteiger charge is -2.35. The minimum Gasteiger partial charge on any atom is -0.354 e. The van der Waals surface area contributed by atoms with Crippen LogP contribution in [0.25, 0.3) is 22.0 Å². The number of aryl methyl sites for hydroxylation is 1. The van der Waals surface area contributed by atoms with E-state index >= 15 is 0 Å². The van der Waals surface area contributed by atoms with Gasteiger partial charge in [-0.25, -0.2) is 15.0 Å². The Kier molecular flexibility index (Phi) is 7.97. The maximum atomic E-state index is 13.2. The number of anilines is 3. The molecule has 2 amide bonds. The number of carbonyl (C=O) groups excluding carboxylic acids is 2. The Morgan fingerprint density at radius 1 is 0.696 bits per heavy atom. The summed E-state index contributed by atoms with van der Waals surface area (Å²) in [7, 11) is 3.99. The molecule has 5 aromatic heterocycles. The highest BCUT2D eigenvalue weighted by molar-refractivity contribution is 6.05. The van der Waals surface area contributed by atoms with E-state index < -0.39 is 0 Å². The highest BCUT2D eigenvalue weighted by atomic mass is 16.2. The number of pyridine rings is 4. The maximum Gasteiger partial charge on any atom is 0.257 e. The predicted octanol–water partition coefficient (Wildman–Crippen LogP) is 2.79. The van der Waals surface area contributed by atoms with Crippen LogP contribution in [0, 0.1) is 0 Å². The molecule has 0 saturated carbocycles. The molecule has 0 aromatic carbocycles. The van der Waals surface area contributed by atoms with Crippen molar-refractivity contribution in [2.75, 3.05) is 74.5 Å². The van der Waals surface area contributed by atoms with Crippen molar-refractivity contribution in [1.29, 1.82) is 0 Å². The minimum atomic E-state index is -0.279. The van der Waals surface area contributed by atoms with Crippen LogP contribution in [0.4, 0.5) is 17.5 Å². The molecule has 0 atom stereocenters. The molecule has 7 rings (SSSR count). The minimum absolute atomic E-state index is 0.0237. The van der Waals surface area contributed by atoms with Crippen molar-refractivity contribution in [2.24, 2.45) is 7.05 Å². The van der Waals surface area contributed by atoms with Gasteiger partial charge in [0.05, 0.1) is 17.5 Å². The zero-order chi connectivity index (χ0) is 31.6. The molecule has 234 valence electrons. The van der Waals surface area contributed by atoms with Gasteiger partial charge in [-0.3, -0.25) is 19.3 Å². The molecule has 2 aliphatic rings. The Labute approximate surface area is 266 Å².